The van der Waals surface area contributed by atoms with Gasteiger partial charge in [-0.1, -0.05) is 393 Å². The lowest BCUT2D eigenvalue weighted by molar-refractivity contribution is -0.870. The van der Waals surface area contributed by atoms with Gasteiger partial charge >= 0.3 is 11.9 Å². The molecule has 9 heteroatoms. The molecule has 0 heterocycles. The highest BCUT2D eigenvalue weighted by atomic mass is 16.7. The summed E-state index contributed by atoms with van der Waals surface area (Å²) >= 11 is 0. The van der Waals surface area contributed by atoms with Crippen LogP contribution >= 0.6 is 0 Å². The lowest BCUT2D eigenvalue weighted by Crippen LogP contribution is -2.44. The van der Waals surface area contributed by atoms with Crippen molar-refractivity contribution in [1.82, 2.24) is 0 Å². The molecular formula is C92H163NO8. The lowest BCUT2D eigenvalue weighted by Gasteiger charge is -2.26. The van der Waals surface area contributed by atoms with Gasteiger partial charge in [0.25, 0.3) is 0 Å². The molecule has 0 aliphatic rings. The molecule has 0 rings (SSSR count). The van der Waals surface area contributed by atoms with Gasteiger partial charge in [-0.3, -0.25) is 9.59 Å². The highest BCUT2D eigenvalue weighted by molar-refractivity contribution is 5.70. The summed E-state index contributed by atoms with van der Waals surface area (Å²) in [5.41, 5.74) is 0. The van der Waals surface area contributed by atoms with E-state index in [1.54, 1.807) is 0 Å². The Hall–Kier alpha value is -4.05. The van der Waals surface area contributed by atoms with Crippen molar-refractivity contribution in [2.45, 2.75) is 411 Å². The van der Waals surface area contributed by atoms with Gasteiger partial charge < -0.3 is 33.3 Å². The Morgan fingerprint density at radius 2 is 0.564 bits per heavy atom. The van der Waals surface area contributed by atoms with Crippen LogP contribution in [0.25, 0.3) is 0 Å². The summed E-state index contributed by atoms with van der Waals surface area (Å²) in [6.07, 6.45) is 112. The van der Waals surface area contributed by atoms with E-state index in [1.807, 2.05) is 21.1 Å². The zero-order chi connectivity index (χ0) is 73.2. The Bertz CT molecular complexity index is 2040. The molecule has 0 fully saturated rings. The summed E-state index contributed by atoms with van der Waals surface area (Å²) < 4.78 is 22.9. The number of esters is 2. The van der Waals surface area contributed by atoms with Crippen LogP contribution in [-0.2, 0) is 33.3 Å². The SMILES string of the molecule is CC/C=C\C/C=C\C/C=C\C/C=C\C/C=C\C/C=C\C/C=C\CCCCCCCCCCCCCCCC(=O)OC(COC(=O)CCCCCCCCCCCCCCCCCCCCCCCCCCCCCCC/C=C\C/C=C\CCCCCCC)COC(OCC[N+](C)(C)C)C(=O)[O-]. The van der Waals surface area contributed by atoms with Crippen molar-refractivity contribution in [3.05, 3.63) is 109 Å². The average molecular weight is 1410 g/mol. The maximum absolute atomic E-state index is 13.0. The van der Waals surface area contributed by atoms with E-state index in [1.165, 1.54) is 276 Å². The van der Waals surface area contributed by atoms with Gasteiger partial charge in [-0.2, -0.15) is 0 Å². The maximum atomic E-state index is 13.0. The minimum atomic E-state index is -1.63. The van der Waals surface area contributed by atoms with E-state index >= 15 is 0 Å². The topological polar surface area (TPSA) is 111 Å². The quantitative estimate of drug-likeness (QED) is 0.0195. The van der Waals surface area contributed by atoms with Crippen LogP contribution in [0.4, 0.5) is 0 Å². The van der Waals surface area contributed by atoms with E-state index in [2.05, 4.69) is 123 Å². The van der Waals surface area contributed by atoms with Gasteiger partial charge in [0.2, 0.25) is 0 Å². The number of ether oxygens (including phenoxy) is 4. The minimum absolute atomic E-state index is 0.146. The van der Waals surface area contributed by atoms with Crippen molar-refractivity contribution < 1.29 is 42.9 Å². The van der Waals surface area contributed by atoms with E-state index < -0.39 is 24.3 Å². The fraction of sp³-hybridized carbons (Fsp3) is 0.772. The zero-order valence-electron chi connectivity index (χ0n) is 67.0. The smallest absolute Gasteiger partial charge is 0.306 e. The van der Waals surface area contributed by atoms with Crippen LogP contribution in [0.3, 0.4) is 0 Å². The number of carbonyl (C=O) groups is 3. The molecule has 0 aromatic rings. The van der Waals surface area contributed by atoms with Crippen LogP contribution < -0.4 is 5.11 Å². The largest absolute Gasteiger partial charge is 0.545 e. The van der Waals surface area contributed by atoms with Crippen molar-refractivity contribution in [2.24, 2.45) is 0 Å². The van der Waals surface area contributed by atoms with Crippen molar-refractivity contribution in [3.63, 3.8) is 0 Å². The van der Waals surface area contributed by atoms with E-state index in [0.717, 1.165) is 89.9 Å². The molecule has 101 heavy (non-hydrogen) atoms. The molecule has 0 aliphatic heterocycles. The van der Waals surface area contributed by atoms with Crippen LogP contribution in [0.15, 0.2) is 109 Å². The maximum Gasteiger partial charge on any atom is 0.306 e. The number of quaternary nitrogens is 1. The minimum Gasteiger partial charge on any atom is -0.545 e. The molecule has 584 valence electrons. The molecule has 0 spiro atoms. The number of unbranched alkanes of at least 4 members (excludes halogenated alkanes) is 47. The van der Waals surface area contributed by atoms with Crippen molar-refractivity contribution in [1.29, 1.82) is 0 Å². The summed E-state index contributed by atoms with van der Waals surface area (Å²) in [6, 6.07) is 0. The van der Waals surface area contributed by atoms with E-state index in [4.69, 9.17) is 18.9 Å². The van der Waals surface area contributed by atoms with Crippen LogP contribution in [0.1, 0.15) is 399 Å². The second kappa shape index (κ2) is 81.6. The first kappa shape index (κ1) is 97.0. The van der Waals surface area contributed by atoms with Crippen LogP contribution in [0, 0.1) is 0 Å². The number of likely N-dealkylation sites (N-methyl/N-ethyl adjacent to an activating group) is 1. The van der Waals surface area contributed by atoms with Gasteiger partial charge in [0.15, 0.2) is 12.4 Å². The van der Waals surface area contributed by atoms with Gasteiger partial charge in [0, 0.05) is 12.8 Å². The Labute approximate surface area is 625 Å². The number of rotatable bonds is 80. The number of carboxylic acids is 1. The highest BCUT2D eigenvalue weighted by Crippen LogP contribution is 2.20. The average Bonchev–Trinajstić information content (AvgIpc) is 1.25. The first-order valence-electron chi connectivity index (χ1n) is 43.0. The molecule has 2 atom stereocenters. The van der Waals surface area contributed by atoms with Crippen LogP contribution in [0.5, 0.6) is 0 Å². The third-order valence-electron chi connectivity index (χ3n) is 19.0. The highest BCUT2D eigenvalue weighted by Gasteiger charge is 2.22. The van der Waals surface area contributed by atoms with E-state index in [9.17, 15) is 19.5 Å². The molecule has 0 amide bonds. The summed E-state index contributed by atoms with van der Waals surface area (Å²) in [6.45, 7) is 4.67. The first-order chi connectivity index (χ1) is 49.6. The summed E-state index contributed by atoms with van der Waals surface area (Å²) in [5.74, 6) is -2.27. The fourth-order valence-corrected chi connectivity index (χ4v) is 12.5. The molecule has 0 saturated heterocycles. The third kappa shape index (κ3) is 83.1. The second-order valence-electron chi connectivity index (χ2n) is 30.1. The molecule has 9 nitrogen and oxygen atoms in total. The van der Waals surface area contributed by atoms with E-state index in [-0.39, 0.29) is 32.2 Å². The van der Waals surface area contributed by atoms with Gasteiger partial charge in [0.1, 0.15) is 13.2 Å². The lowest BCUT2D eigenvalue weighted by atomic mass is 10.0. The Balaban J connectivity index is 3.96. The monoisotopic (exact) mass is 1410 g/mol. The predicted molar refractivity (Wildman–Crippen MR) is 435 cm³/mol. The predicted octanol–water partition coefficient (Wildman–Crippen LogP) is 26.7. The standard InChI is InChI=1S/C92H163NO8/c1-6-8-10-12-14-16-18-20-22-24-26-28-30-32-34-36-38-40-42-43-44-45-46-47-49-50-52-54-56-58-60-62-64-66-68-70-72-74-76-78-80-82-89(94)99-86-88(87-100-92(91(96)97)98-85-84-93(3,4)5)101-90(95)83-81-79-77-75-73-71-69-67-65-63-61-59-57-55-53-51-48-41-39-37-35-33-31-29-27-25-23-21-19-17-15-13-11-9-7-2/h9,11,15,17-18,20-21,23-24,26-27,29,33,35,39,41,51,53,88,92H,6-8,10,12-14,16,19,22,25,28,30-32,34,36-38,40,42-50,52,54-87H2,1-5H3/b11-9-,17-15-,20-18-,23-21-,26-24-,29-27-,35-33-,41-39-,53-51-. The number of carbonyl (C=O) groups excluding carboxylic acids is 3. The van der Waals surface area contributed by atoms with Crippen LogP contribution in [-0.4, -0.2) is 82.3 Å². The molecule has 0 saturated carbocycles. The molecule has 0 aliphatic carbocycles. The Morgan fingerprint density at radius 1 is 0.307 bits per heavy atom. The van der Waals surface area contributed by atoms with Gasteiger partial charge in [0.05, 0.1) is 40.3 Å². The summed E-state index contributed by atoms with van der Waals surface area (Å²) in [7, 11) is 5.95. The van der Waals surface area contributed by atoms with Gasteiger partial charge in [-0.05, 0) is 103 Å². The molecule has 0 aromatic heterocycles. The van der Waals surface area contributed by atoms with E-state index in [0.29, 0.717) is 23.9 Å². The molecule has 2 unspecified atom stereocenters. The third-order valence-corrected chi connectivity index (χ3v) is 19.0. The molecular weight excluding hydrogens is 1250 g/mol. The molecule has 0 bridgehead atoms. The summed E-state index contributed by atoms with van der Waals surface area (Å²) in [4.78, 5) is 37.7. The number of nitrogens with zero attached hydrogens (tertiary/aromatic N) is 1. The van der Waals surface area contributed by atoms with Crippen molar-refractivity contribution in [2.75, 3.05) is 47.5 Å². The number of aliphatic carboxylic acids is 1. The number of carboxylic acid groups (broad SMARTS) is 1. The normalized spacial score (nSPS) is 13.2. The summed E-state index contributed by atoms with van der Waals surface area (Å²) in [5, 5.41) is 11.9. The first-order valence-corrected chi connectivity index (χ1v) is 43.0. The Kier molecular flexibility index (Phi) is 78.3. The Morgan fingerprint density at radius 3 is 0.842 bits per heavy atom. The number of hydrogen-bond acceptors (Lipinski definition) is 8. The molecule has 0 radical (unpaired) electrons. The molecule has 0 aromatic carbocycles. The van der Waals surface area contributed by atoms with Crippen molar-refractivity contribution >= 4 is 17.9 Å². The fourth-order valence-electron chi connectivity index (χ4n) is 12.5. The van der Waals surface area contributed by atoms with Gasteiger partial charge in [-0.15, -0.1) is 0 Å². The van der Waals surface area contributed by atoms with Gasteiger partial charge in [-0.25, -0.2) is 0 Å². The number of hydrogen-bond donors (Lipinski definition) is 0. The van der Waals surface area contributed by atoms with Crippen LogP contribution in [0.2, 0.25) is 0 Å². The number of allylic oxidation sites excluding steroid dienone is 18. The van der Waals surface area contributed by atoms with Crippen molar-refractivity contribution in [3.8, 4) is 0 Å². The zero-order valence-corrected chi connectivity index (χ0v) is 67.0. The molecule has 0 N–H and O–H groups in total. The second-order valence-corrected chi connectivity index (χ2v) is 30.1.